The van der Waals surface area contributed by atoms with Crippen molar-refractivity contribution >= 4 is 17.5 Å². The molecule has 2 aromatic rings. The van der Waals surface area contributed by atoms with Gasteiger partial charge >= 0.3 is 0 Å². The lowest BCUT2D eigenvalue weighted by Crippen LogP contribution is -2.50. The fourth-order valence-electron chi connectivity index (χ4n) is 5.76. The molecule has 5 rings (SSSR count). The van der Waals surface area contributed by atoms with Crippen LogP contribution in [0, 0.1) is 5.92 Å². The molecule has 3 aliphatic rings. The molecule has 2 heterocycles. The van der Waals surface area contributed by atoms with Crippen molar-refractivity contribution in [2.45, 2.75) is 56.7 Å². The largest absolute Gasteiger partial charge is 0.380 e. The first-order valence-electron chi connectivity index (χ1n) is 11.7. The first kappa shape index (κ1) is 20.1. The van der Waals surface area contributed by atoms with E-state index in [-0.39, 0.29) is 29.9 Å². The van der Waals surface area contributed by atoms with Crippen molar-refractivity contribution in [3.05, 3.63) is 66.2 Å². The maximum atomic E-state index is 13.6. The predicted octanol–water partition coefficient (Wildman–Crippen LogP) is 4.17. The molecule has 4 unspecified atom stereocenters. The minimum absolute atomic E-state index is 0.0199. The van der Waals surface area contributed by atoms with Crippen molar-refractivity contribution in [2.75, 3.05) is 18.4 Å². The number of nitrogens with one attached hydrogen (secondary N) is 1. The van der Waals surface area contributed by atoms with Gasteiger partial charge in [0.25, 0.3) is 5.91 Å². The monoisotopic (exact) mass is 417 g/mol. The average Bonchev–Trinajstić information content (AvgIpc) is 3.44. The molecule has 2 amide bonds. The Kier molecular flexibility index (Phi) is 5.66. The van der Waals surface area contributed by atoms with Gasteiger partial charge in [0.05, 0.1) is 0 Å². The van der Waals surface area contributed by atoms with Crippen molar-refractivity contribution < 1.29 is 9.59 Å². The summed E-state index contributed by atoms with van der Waals surface area (Å²) in [5.74, 6) is 0.610. The quantitative estimate of drug-likeness (QED) is 0.812. The molecule has 0 spiro atoms. The highest BCUT2D eigenvalue weighted by Crippen LogP contribution is 2.41. The smallest absolute Gasteiger partial charge is 0.254 e. The number of para-hydroxylation sites is 1. The Balaban J connectivity index is 1.32. The molecule has 0 radical (unpaired) electrons. The molecule has 0 aromatic heterocycles. The molecule has 3 fully saturated rings. The van der Waals surface area contributed by atoms with Gasteiger partial charge in [0.15, 0.2) is 0 Å². The number of rotatable bonds is 4. The second kappa shape index (κ2) is 8.74. The van der Waals surface area contributed by atoms with Crippen LogP contribution in [-0.4, -0.2) is 52.8 Å². The van der Waals surface area contributed by atoms with E-state index in [0.29, 0.717) is 18.0 Å². The lowest BCUT2D eigenvalue weighted by Gasteiger charge is -2.34. The van der Waals surface area contributed by atoms with Crippen LogP contribution in [0.3, 0.4) is 0 Å². The van der Waals surface area contributed by atoms with Crippen LogP contribution in [0.25, 0.3) is 0 Å². The molecule has 1 aliphatic carbocycles. The van der Waals surface area contributed by atoms with E-state index in [0.717, 1.165) is 44.3 Å². The van der Waals surface area contributed by atoms with E-state index in [1.54, 1.807) is 0 Å². The van der Waals surface area contributed by atoms with Gasteiger partial charge in [-0.25, -0.2) is 0 Å². The van der Waals surface area contributed by atoms with Gasteiger partial charge in [0.1, 0.15) is 6.04 Å². The molecule has 5 heteroatoms. The summed E-state index contributed by atoms with van der Waals surface area (Å²) in [5.41, 5.74) is 1.78. The van der Waals surface area contributed by atoms with Crippen molar-refractivity contribution in [1.82, 2.24) is 9.80 Å². The number of carbonyl (C=O) groups excluding carboxylic acids is 2. The fourth-order valence-corrected chi connectivity index (χ4v) is 5.76. The Morgan fingerprint density at radius 3 is 2.35 bits per heavy atom. The van der Waals surface area contributed by atoms with Crippen LogP contribution < -0.4 is 5.32 Å². The van der Waals surface area contributed by atoms with Crippen LogP contribution in [0.15, 0.2) is 60.7 Å². The maximum Gasteiger partial charge on any atom is 0.254 e. The third-order valence-corrected chi connectivity index (χ3v) is 7.27. The van der Waals surface area contributed by atoms with Crippen LogP contribution in [-0.2, 0) is 4.79 Å². The topological polar surface area (TPSA) is 52.7 Å². The Bertz CT molecular complexity index is 917. The van der Waals surface area contributed by atoms with Crippen LogP contribution >= 0.6 is 0 Å². The SMILES string of the molecule is O=C(C1CC2CCCCC2N1C(=O)c1ccccc1)N1CCC(Nc2ccccc2)C1. The number of hydrogen-bond donors (Lipinski definition) is 1. The average molecular weight is 418 g/mol. The standard InChI is InChI=1S/C26H31N3O2/c30-25(19-9-3-1-4-10-19)29-23-14-8-7-11-20(23)17-24(29)26(31)28-16-15-22(18-28)27-21-12-5-2-6-13-21/h1-6,9-10,12-13,20,22-24,27H,7-8,11,14-18H2. The molecule has 1 saturated carbocycles. The zero-order valence-corrected chi connectivity index (χ0v) is 18.0. The highest BCUT2D eigenvalue weighted by atomic mass is 16.2. The molecule has 1 N–H and O–H groups in total. The molecule has 2 aromatic carbocycles. The van der Waals surface area contributed by atoms with E-state index in [9.17, 15) is 9.59 Å². The first-order chi connectivity index (χ1) is 15.2. The normalized spacial score (nSPS) is 27.7. The predicted molar refractivity (Wildman–Crippen MR) is 122 cm³/mol. The summed E-state index contributed by atoms with van der Waals surface area (Å²) in [4.78, 5) is 31.1. The lowest BCUT2D eigenvalue weighted by atomic mass is 9.84. The van der Waals surface area contributed by atoms with Crippen LogP contribution in [0.1, 0.15) is 48.9 Å². The number of carbonyl (C=O) groups is 2. The summed E-state index contributed by atoms with van der Waals surface area (Å²) >= 11 is 0. The highest BCUT2D eigenvalue weighted by molar-refractivity contribution is 5.98. The van der Waals surface area contributed by atoms with Gasteiger partial charge in [-0.2, -0.15) is 0 Å². The van der Waals surface area contributed by atoms with E-state index in [4.69, 9.17) is 0 Å². The van der Waals surface area contributed by atoms with E-state index in [1.165, 1.54) is 6.42 Å². The number of hydrogen-bond acceptors (Lipinski definition) is 3. The molecule has 5 nitrogen and oxygen atoms in total. The summed E-state index contributed by atoms with van der Waals surface area (Å²) in [6, 6.07) is 19.8. The molecular formula is C26H31N3O2. The molecule has 4 atom stereocenters. The number of anilines is 1. The van der Waals surface area contributed by atoms with Gasteiger partial charge in [-0.3, -0.25) is 9.59 Å². The summed E-state index contributed by atoms with van der Waals surface area (Å²) in [7, 11) is 0. The Morgan fingerprint density at radius 1 is 0.871 bits per heavy atom. The zero-order valence-electron chi connectivity index (χ0n) is 18.0. The first-order valence-corrected chi connectivity index (χ1v) is 11.7. The summed E-state index contributed by atoms with van der Waals surface area (Å²) in [6.07, 6.45) is 6.26. The number of likely N-dealkylation sites (tertiary alicyclic amines) is 2. The summed E-state index contributed by atoms with van der Waals surface area (Å²) < 4.78 is 0. The molecule has 0 bridgehead atoms. The fraction of sp³-hybridized carbons (Fsp3) is 0.462. The third kappa shape index (κ3) is 4.06. The number of benzene rings is 2. The van der Waals surface area contributed by atoms with Crippen molar-refractivity contribution in [3.8, 4) is 0 Å². The molecule has 162 valence electrons. The van der Waals surface area contributed by atoms with Crippen LogP contribution in [0.4, 0.5) is 5.69 Å². The third-order valence-electron chi connectivity index (χ3n) is 7.27. The second-order valence-corrected chi connectivity index (χ2v) is 9.22. The van der Waals surface area contributed by atoms with E-state index >= 15 is 0 Å². The maximum absolute atomic E-state index is 13.6. The molecule has 31 heavy (non-hydrogen) atoms. The lowest BCUT2D eigenvalue weighted by molar-refractivity contribution is -0.134. The zero-order chi connectivity index (χ0) is 21.2. The minimum Gasteiger partial charge on any atom is -0.380 e. The molecular weight excluding hydrogens is 386 g/mol. The minimum atomic E-state index is -0.323. The van der Waals surface area contributed by atoms with Gasteiger partial charge in [-0.15, -0.1) is 0 Å². The highest BCUT2D eigenvalue weighted by Gasteiger charge is 2.49. The van der Waals surface area contributed by atoms with Crippen molar-refractivity contribution in [1.29, 1.82) is 0 Å². The van der Waals surface area contributed by atoms with E-state index in [1.807, 2.05) is 58.3 Å². The summed E-state index contributed by atoms with van der Waals surface area (Å²) in [6.45, 7) is 1.45. The van der Waals surface area contributed by atoms with Gasteiger partial charge in [-0.05, 0) is 55.9 Å². The second-order valence-electron chi connectivity index (χ2n) is 9.22. The number of fused-ring (bicyclic) bond motifs is 1. The Morgan fingerprint density at radius 2 is 1.58 bits per heavy atom. The van der Waals surface area contributed by atoms with Crippen molar-refractivity contribution in [2.24, 2.45) is 5.92 Å². The Hall–Kier alpha value is -2.82. The van der Waals surface area contributed by atoms with Gasteiger partial charge in [0, 0.05) is 36.4 Å². The van der Waals surface area contributed by atoms with Gasteiger partial charge < -0.3 is 15.1 Å². The Labute approximate surface area is 184 Å². The molecule has 2 saturated heterocycles. The summed E-state index contributed by atoms with van der Waals surface area (Å²) in [5, 5.41) is 3.55. The van der Waals surface area contributed by atoms with Gasteiger partial charge in [-0.1, -0.05) is 49.2 Å². The number of amides is 2. The van der Waals surface area contributed by atoms with Crippen molar-refractivity contribution in [3.63, 3.8) is 0 Å². The van der Waals surface area contributed by atoms with Crippen LogP contribution in [0.2, 0.25) is 0 Å². The van der Waals surface area contributed by atoms with Gasteiger partial charge in [0.2, 0.25) is 5.91 Å². The van der Waals surface area contributed by atoms with E-state index in [2.05, 4.69) is 17.4 Å². The van der Waals surface area contributed by atoms with E-state index < -0.39 is 0 Å². The van der Waals surface area contributed by atoms with Crippen LogP contribution in [0.5, 0.6) is 0 Å². The number of nitrogens with zero attached hydrogens (tertiary/aromatic N) is 2. The molecule has 2 aliphatic heterocycles.